The van der Waals surface area contributed by atoms with Crippen molar-refractivity contribution in [3.05, 3.63) is 53.5 Å². The Balaban J connectivity index is 1.53. The first kappa shape index (κ1) is 17.1. The highest BCUT2D eigenvalue weighted by Crippen LogP contribution is 2.22. The number of furan rings is 1. The Morgan fingerprint density at radius 2 is 1.88 bits per heavy atom. The van der Waals surface area contributed by atoms with Crippen LogP contribution in [-0.4, -0.2) is 37.0 Å². The molecular weight excluding hydrogens is 318 g/mol. The number of hydrogen-bond donors (Lipinski definition) is 0. The Morgan fingerprint density at radius 1 is 1.16 bits per heavy atom. The average Bonchev–Trinajstić information content (AvgIpc) is 3.08. The topological polar surface area (TPSA) is 69.7 Å². The van der Waals surface area contributed by atoms with Crippen molar-refractivity contribution in [1.29, 1.82) is 5.26 Å². The van der Waals surface area contributed by atoms with Crippen LogP contribution in [-0.2, 0) is 22.7 Å². The van der Waals surface area contributed by atoms with Crippen molar-refractivity contribution in [2.75, 3.05) is 31.1 Å². The summed E-state index contributed by atoms with van der Waals surface area (Å²) < 4.78 is 10.6. The highest BCUT2D eigenvalue weighted by Gasteiger charge is 2.20. The lowest BCUT2D eigenvalue weighted by molar-refractivity contribution is -0.142. The first-order valence-electron chi connectivity index (χ1n) is 8.33. The van der Waals surface area contributed by atoms with Gasteiger partial charge in [-0.05, 0) is 24.3 Å². The molecule has 0 saturated carbocycles. The summed E-state index contributed by atoms with van der Waals surface area (Å²) in [6.07, 6.45) is 0. The molecule has 1 aliphatic rings. The SMILES string of the molecule is CC(=O)OCc1ccc(CN2CCN(c3ccccc3C#N)CC2)o1. The van der Waals surface area contributed by atoms with E-state index >= 15 is 0 Å². The predicted octanol–water partition coefficient (Wildman–Crippen LogP) is 2.54. The number of rotatable bonds is 5. The second-order valence-electron chi connectivity index (χ2n) is 6.04. The van der Waals surface area contributed by atoms with Crippen LogP contribution in [0, 0.1) is 11.3 Å². The molecule has 3 rings (SSSR count). The highest BCUT2D eigenvalue weighted by atomic mass is 16.5. The Labute approximate surface area is 147 Å². The second kappa shape index (κ2) is 7.86. The molecule has 6 heteroatoms. The lowest BCUT2D eigenvalue weighted by atomic mass is 10.1. The smallest absolute Gasteiger partial charge is 0.303 e. The number of ether oxygens (including phenoxy) is 1. The van der Waals surface area contributed by atoms with Crippen LogP contribution in [0.2, 0.25) is 0 Å². The lowest BCUT2D eigenvalue weighted by Gasteiger charge is -2.36. The zero-order valence-electron chi connectivity index (χ0n) is 14.3. The molecule has 0 aliphatic carbocycles. The average molecular weight is 339 g/mol. The maximum atomic E-state index is 10.8. The Bertz CT molecular complexity index is 770. The fraction of sp³-hybridized carbons (Fsp3) is 0.368. The molecule has 0 spiro atoms. The van der Waals surface area contributed by atoms with Crippen molar-refractivity contribution in [1.82, 2.24) is 4.90 Å². The minimum atomic E-state index is -0.313. The van der Waals surface area contributed by atoms with Gasteiger partial charge in [-0.3, -0.25) is 9.69 Å². The third-order valence-electron chi connectivity index (χ3n) is 4.25. The van der Waals surface area contributed by atoms with Gasteiger partial charge in [-0.25, -0.2) is 0 Å². The summed E-state index contributed by atoms with van der Waals surface area (Å²) in [5.74, 6) is 1.21. The molecule has 6 nitrogen and oxygen atoms in total. The maximum Gasteiger partial charge on any atom is 0.303 e. The van der Waals surface area contributed by atoms with Gasteiger partial charge in [0.1, 0.15) is 24.2 Å². The molecular formula is C19H21N3O3. The Morgan fingerprint density at radius 3 is 2.60 bits per heavy atom. The number of carbonyl (C=O) groups is 1. The summed E-state index contributed by atoms with van der Waals surface area (Å²) in [6, 6.07) is 13.8. The molecule has 1 aliphatic heterocycles. The molecule has 0 unspecified atom stereocenters. The number of esters is 1. The van der Waals surface area contributed by atoms with Crippen molar-refractivity contribution in [2.45, 2.75) is 20.1 Å². The standard InChI is InChI=1S/C19H21N3O3/c1-15(23)24-14-18-7-6-17(25-18)13-21-8-10-22(11-9-21)19-5-3-2-4-16(19)12-20/h2-7H,8-11,13-14H2,1H3. The van der Waals surface area contributed by atoms with Gasteiger partial charge in [-0.15, -0.1) is 0 Å². The number of anilines is 1. The third-order valence-corrected chi connectivity index (χ3v) is 4.25. The van der Waals surface area contributed by atoms with E-state index in [0.717, 1.165) is 49.7 Å². The molecule has 1 fully saturated rings. The molecule has 0 amide bonds. The number of nitrogens with zero attached hydrogens (tertiary/aromatic N) is 3. The zero-order valence-corrected chi connectivity index (χ0v) is 14.3. The lowest BCUT2D eigenvalue weighted by Crippen LogP contribution is -2.46. The summed E-state index contributed by atoms with van der Waals surface area (Å²) in [4.78, 5) is 15.4. The fourth-order valence-electron chi connectivity index (χ4n) is 2.97. The molecule has 25 heavy (non-hydrogen) atoms. The van der Waals surface area contributed by atoms with Gasteiger partial charge >= 0.3 is 5.97 Å². The number of para-hydroxylation sites is 1. The minimum Gasteiger partial charge on any atom is -0.461 e. The summed E-state index contributed by atoms with van der Waals surface area (Å²) in [7, 11) is 0. The molecule has 0 bridgehead atoms. The van der Waals surface area contributed by atoms with Crippen molar-refractivity contribution in [3.63, 3.8) is 0 Å². The molecule has 130 valence electrons. The van der Waals surface area contributed by atoms with Gasteiger partial charge in [0.15, 0.2) is 0 Å². The van der Waals surface area contributed by atoms with E-state index in [1.54, 1.807) is 0 Å². The molecule has 1 aromatic carbocycles. The van der Waals surface area contributed by atoms with E-state index in [2.05, 4.69) is 15.9 Å². The van der Waals surface area contributed by atoms with Crippen LogP contribution in [0.15, 0.2) is 40.8 Å². The van der Waals surface area contributed by atoms with Gasteiger partial charge in [0.05, 0.1) is 17.8 Å². The number of hydrogen-bond acceptors (Lipinski definition) is 6. The first-order valence-corrected chi connectivity index (χ1v) is 8.33. The summed E-state index contributed by atoms with van der Waals surface area (Å²) in [5.41, 5.74) is 1.73. The van der Waals surface area contributed by atoms with Gasteiger partial charge in [0, 0.05) is 33.1 Å². The molecule has 2 heterocycles. The normalized spacial score (nSPS) is 15.0. The summed E-state index contributed by atoms with van der Waals surface area (Å²) >= 11 is 0. The van der Waals surface area contributed by atoms with E-state index in [0.29, 0.717) is 5.76 Å². The second-order valence-corrected chi connectivity index (χ2v) is 6.04. The van der Waals surface area contributed by atoms with Crippen LogP contribution in [0.25, 0.3) is 0 Å². The molecule has 1 aromatic heterocycles. The highest BCUT2D eigenvalue weighted by molar-refractivity contribution is 5.65. The van der Waals surface area contributed by atoms with Crippen molar-refractivity contribution in [3.8, 4) is 6.07 Å². The molecule has 2 aromatic rings. The molecule has 0 atom stereocenters. The number of nitriles is 1. The van der Waals surface area contributed by atoms with E-state index in [1.165, 1.54) is 6.92 Å². The van der Waals surface area contributed by atoms with Gasteiger partial charge in [0.2, 0.25) is 0 Å². The molecule has 0 radical (unpaired) electrons. The largest absolute Gasteiger partial charge is 0.461 e. The third kappa shape index (κ3) is 4.40. The first-order chi connectivity index (χ1) is 12.2. The van der Waals surface area contributed by atoms with E-state index in [-0.39, 0.29) is 12.6 Å². The molecule has 1 saturated heterocycles. The van der Waals surface area contributed by atoms with Gasteiger partial charge in [-0.2, -0.15) is 5.26 Å². The van der Waals surface area contributed by atoms with Gasteiger partial charge in [0.25, 0.3) is 0 Å². The Kier molecular flexibility index (Phi) is 5.36. The minimum absolute atomic E-state index is 0.175. The summed E-state index contributed by atoms with van der Waals surface area (Å²) in [5, 5.41) is 9.25. The van der Waals surface area contributed by atoms with Crippen LogP contribution in [0.5, 0.6) is 0 Å². The maximum absolute atomic E-state index is 10.8. The quantitative estimate of drug-likeness (QED) is 0.780. The van der Waals surface area contributed by atoms with Crippen LogP contribution in [0.3, 0.4) is 0 Å². The number of benzene rings is 1. The number of carbonyl (C=O) groups excluding carboxylic acids is 1. The zero-order chi connectivity index (χ0) is 17.6. The van der Waals surface area contributed by atoms with Crippen LogP contribution >= 0.6 is 0 Å². The van der Waals surface area contributed by atoms with Crippen LogP contribution < -0.4 is 4.90 Å². The van der Waals surface area contributed by atoms with E-state index in [9.17, 15) is 10.1 Å². The van der Waals surface area contributed by atoms with Crippen LogP contribution in [0.4, 0.5) is 5.69 Å². The van der Waals surface area contributed by atoms with Gasteiger partial charge < -0.3 is 14.1 Å². The van der Waals surface area contributed by atoms with Crippen LogP contribution in [0.1, 0.15) is 24.0 Å². The van der Waals surface area contributed by atoms with E-state index in [1.807, 2.05) is 36.4 Å². The van der Waals surface area contributed by atoms with Gasteiger partial charge in [-0.1, -0.05) is 12.1 Å². The Hall–Kier alpha value is -2.78. The summed E-state index contributed by atoms with van der Waals surface area (Å²) in [6.45, 7) is 5.84. The number of piperazine rings is 1. The van der Waals surface area contributed by atoms with Crippen molar-refractivity contribution < 1.29 is 13.9 Å². The fourth-order valence-corrected chi connectivity index (χ4v) is 2.97. The van der Waals surface area contributed by atoms with E-state index < -0.39 is 0 Å². The van der Waals surface area contributed by atoms with E-state index in [4.69, 9.17) is 9.15 Å². The monoisotopic (exact) mass is 339 g/mol. The molecule has 0 N–H and O–H groups in total. The van der Waals surface area contributed by atoms with Crippen molar-refractivity contribution >= 4 is 11.7 Å². The van der Waals surface area contributed by atoms with Crippen molar-refractivity contribution in [2.24, 2.45) is 0 Å². The predicted molar refractivity (Wildman–Crippen MR) is 92.8 cm³/mol.